The Bertz CT molecular complexity index is 2110. The van der Waals surface area contributed by atoms with E-state index in [1.165, 1.54) is 12.3 Å². The number of H-pyrrole nitrogens is 2. The monoisotopic (exact) mass is 542 g/mol. The number of nitrogens with two attached hydrogens (primary N) is 1. The van der Waals surface area contributed by atoms with Crippen molar-refractivity contribution in [1.82, 2.24) is 25.0 Å². The van der Waals surface area contributed by atoms with Crippen LogP contribution in [0.15, 0.2) is 101 Å². The van der Waals surface area contributed by atoms with Crippen molar-refractivity contribution in [2.24, 2.45) is 0 Å². The number of carbonyl (C=O) groups is 1. The average Bonchev–Trinajstić information content (AvgIpc) is 3.32. The van der Waals surface area contributed by atoms with Crippen LogP contribution in [0.5, 0.6) is 0 Å². The fraction of sp³-hybridized carbons (Fsp3) is 0.0645. The first-order valence-corrected chi connectivity index (χ1v) is 12.8. The molecule has 1 amide bonds. The summed E-state index contributed by atoms with van der Waals surface area (Å²) in [6, 6.07) is 20.7. The molecule has 0 saturated heterocycles. The number of nitrogens with zero attached hydrogens (tertiary/aromatic N) is 3. The number of pyridine rings is 2. The Morgan fingerprint density at radius 1 is 1.05 bits per heavy atom. The highest BCUT2D eigenvalue weighted by Crippen LogP contribution is 2.24. The number of nitrogen functional groups attached to an aromatic ring is 1. The lowest BCUT2D eigenvalue weighted by atomic mass is 10.0. The quantitative estimate of drug-likeness (QED) is 0.200. The Hall–Kier alpha value is -5.95. The molecule has 4 aromatic heterocycles. The van der Waals surface area contributed by atoms with Gasteiger partial charge in [0.05, 0.1) is 11.4 Å². The van der Waals surface area contributed by atoms with Gasteiger partial charge in [0.15, 0.2) is 11.4 Å². The fourth-order valence-electron chi connectivity index (χ4n) is 4.80. The van der Waals surface area contributed by atoms with Crippen LogP contribution >= 0.6 is 0 Å². The molecular weight excluding hydrogens is 518 g/mol. The minimum atomic E-state index is -0.589. The second kappa shape index (κ2) is 10.3. The van der Waals surface area contributed by atoms with Crippen LogP contribution in [0.2, 0.25) is 0 Å². The predicted octanol–water partition coefficient (Wildman–Crippen LogP) is 2.61. The SMILES string of the molecule is CC(NC(=O)c1c(N)[nH][n+]2cccnc12)c1cc2cccc(C#Cc3ccc(=O)[nH]c3)c2c(=O)n1-c1ccccc1. The van der Waals surface area contributed by atoms with Gasteiger partial charge in [-0.25, -0.2) is 5.10 Å². The number of amides is 1. The summed E-state index contributed by atoms with van der Waals surface area (Å²) in [5.74, 6) is 5.85. The molecule has 0 aliphatic rings. The summed E-state index contributed by atoms with van der Waals surface area (Å²) in [5, 5.41) is 7.02. The maximum absolute atomic E-state index is 14.2. The number of hydrogen-bond acceptors (Lipinski definition) is 5. The van der Waals surface area contributed by atoms with Gasteiger partial charge in [0.1, 0.15) is 12.4 Å². The molecule has 2 aromatic carbocycles. The highest BCUT2D eigenvalue weighted by molar-refractivity contribution is 6.03. The zero-order chi connectivity index (χ0) is 28.5. The molecule has 1 atom stereocenters. The zero-order valence-electron chi connectivity index (χ0n) is 21.9. The molecule has 0 radical (unpaired) electrons. The van der Waals surface area contributed by atoms with Crippen LogP contribution in [0.25, 0.3) is 22.1 Å². The van der Waals surface area contributed by atoms with E-state index >= 15 is 0 Å². The van der Waals surface area contributed by atoms with Crippen molar-refractivity contribution in [2.75, 3.05) is 5.73 Å². The molecule has 41 heavy (non-hydrogen) atoms. The molecule has 0 aliphatic heterocycles. The number of anilines is 1. The zero-order valence-corrected chi connectivity index (χ0v) is 21.9. The molecule has 0 bridgehead atoms. The summed E-state index contributed by atoms with van der Waals surface area (Å²) >= 11 is 0. The van der Waals surface area contributed by atoms with Gasteiger partial charge in [-0.1, -0.05) is 42.2 Å². The van der Waals surface area contributed by atoms with E-state index in [2.05, 4.69) is 32.2 Å². The Balaban J connectivity index is 1.47. The van der Waals surface area contributed by atoms with Crippen LogP contribution in [0.3, 0.4) is 0 Å². The van der Waals surface area contributed by atoms with Gasteiger partial charge in [-0.15, -0.1) is 4.52 Å². The van der Waals surface area contributed by atoms with Gasteiger partial charge in [-0.2, -0.15) is 0 Å². The van der Waals surface area contributed by atoms with Crippen molar-refractivity contribution in [1.29, 1.82) is 0 Å². The van der Waals surface area contributed by atoms with Crippen molar-refractivity contribution in [2.45, 2.75) is 13.0 Å². The lowest BCUT2D eigenvalue weighted by Crippen LogP contribution is -2.33. The van der Waals surface area contributed by atoms with Gasteiger partial charge in [0, 0.05) is 40.8 Å². The Kier molecular flexibility index (Phi) is 6.37. The molecular formula is C31H24N7O3+. The minimum Gasteiger partial charge on any atom is -0.382 e. The first-order valence-electron chi connectivity index (χ1n) is 12.8. The Morgan fingerprint density at radius 3 is 2.66 bits per heavy atom. The van der Waals surface area contributed by atoms with E-state index in [9.17, 15) is 14.4 Å². The van der Waals surface area contributed by atoms with Crippen LogP contribution in [-0.2, 0) is 0 Å². The van der Waals surface area contributed by atoms with Gasteiger partial charge < -0.3 is 16.0 Å². The van der Waals surface area contributed by atoms with Gasteiger partial charge in [0.2, 0.25) is 5.56 Å². The van der Waals surface area contributed by atoms with Crippen LogP contribution in [0.1, 0.15) is 40.1 Å². The van der Waals surface area contributed by atoms with E-state index in [4.69, 9.17) is 5.73 Å². The second-order valence-corrected chi connectivity index (χ2v) is 9.42. The third kappa shape index (κ3) is 4.72. The van der Waals surface area contributed by atoms with Gasteiger partial charge in [-0.3, -0.25) is 19.0 Å². The predicted molar refractivity (Wildman–Crippen MR) is 155 cm³/mol. The Morgan fingerprint density at radius 2 is 1.88 bits per heavy atom. The van der Waals surface area contributed by atoms with Gasteiger partial charge in [0.25, 0.3) is 11.5 Å². The molecule has 1 unspecified atom stereocenters. The number of aromatic amines is 2. The largest absolute Gasteiger partial charge is 0.382 e. The number of hydrogen-bond donors (Lipinski definition) is 4. The minimum absolute atomic E-state index is 0.179. The van der Waals surface area contributed by atoms with Crippen LogP contribution in [0, 0.1) is 11.8 Å². The van der Waals surface area contributed by atoms with E-state index in [0.29, 0.717) is 38.9 Å². The van der Waals surface area contributed by atoms with Crippen LogP contribution in [0.4, 0.5) is 5.82 Å². The number of benzene rings is 2. The van der Waals surface area contributed by atoms with E-state index in [0.717, 1.165) is 0 Å². The molecule has 6 rings (SSSR count). The second-order valence-electron chi connectivity index (χ2n) is 9.42. The van der Waals surface area contributed by atoms with Crippen molar-refractivity contribution in [3.05, 3.63) is 134 Å². The summed E-state index contributed by atoms with van der Waals surface area (Å²) in [7, 11) is 0. The van der Waals surface area contributed by atoms with Crippen molar-refractivity contribution < 1.29 is 9.31 Å². The summed E-state index contributed by atoms with van der Waals surface area (Å²) in [4.78, 5) is 45.9. The third-order valence-corrected chi connectivity index (χ3v) is 6.71. The number of carbonyl (C=O) groups excluding carboxylic acids is 1. The van der Waals surface area contributed by atoms with E-state index in [-0.39, 0.29) is 22.5 Å². The molecule has 0 saturated carbocycles. The summed E-state index contributed by atoms with van der Waals surface area (Å²) in [6.45, 7) is 1.81. The first-order chi connectivity index (χ1) is 19.9. The molecule has 0 spiro atoms. The molecule has 5 N–H and O–H groups in total. The first kappa shape index (κ1) is 25.3. The van der Waals surface area contributed by atoms with Crippen molar-refractivity contribution >= 4 is 28.1 Å². The average molecular weight is 543 g/mol. The maximum Gasteiger partial charge on any atom is 0.362 e. The van der Waals surface area contributed by atoms with E-state index in [1.807, 2.05) is 55.5 Å². The molecule has 200 valence electrons. The summed E-state index contributed by atoms with van der Waals surface area (Å²) < 4.78 is 3.16. The normalized spacial score (nSPS) is 11.6. The standard InChI is InChI=1S/C31H23N7O3/c1-19(35-30(40)27-28(32)36-37-16-6-15-33-29(27)37)24-17-22-8-5-7-21(13-11-20-12-14-25(39)34-18-20)26(22)31(41)38(24)23-9-3-2-4-10-23/h2-10,12,14-19H,1H3,(H4,32,34,35,36,39,40,41)/p+1. The van der Waals surface area contributed by atoms with Gasteiger partial charge >= 0.3 is 5.65 Å². The highest BCUT2D eigenvalue weighted by atomic mass is 16.2. The fourth-order valence-corrected chi connectivity index (χ4v) is 4.80. The number of para-hydroxylation sites is 1. The summed E-state index contributed by atoms with van der Waals surface area (Å²) in [6.07, 6.45) is 4.82. The number of fused-ring (bicyclic) bond motifs is 2. The molecule has 0 fully saturated rings. The summed E-state index contributed by atoms with van der Waals surface area (Å²) in [5.41, 5.74) is 8.60. The maximum atomic E-state index is 14.2. The smallest absolute Gasteiger partial charge is 0.362 e. The molecule has 10 nitrogen and oxygen atoms in total. The Labute approximate surface area is 233 Å². The number of aromatic nitrogens is 5. The lowest BCUT2D eigenvalue weighted by molar-refractivity contribution is -0.577. The van der Waals surface area contributed by atoms with Crippen molar-refractivity contribution in [3.63, 3.8) is 0 Å². The molecule has 10 heteroatoms. The number of rotatable bonds is 4. The molecule has 0 aliphatic carbocycles. The van der Waals surface area contributed by atoms with Crippen molar-refractivity contribution in [3.8, 4) is 17.5 Å². The van der Waals surface area contributed by atoms with Gasteiger partial charge in [-0.05, 0) is 47.6 Å². The molecule has 6 aromatic rings. The highest BCUT2D eigenvalue weighted by Gasteiger charge is 2.27. The van der Waals surface area contributed by atoms with Crippen LogP contribution < -0.4 is 26.7 Å². The lowest BCUT2D eigenvalue weighted by Gasteiger charge is -2.21. The third-order valence-electron chi connectivity index (χ3n) is 6.71. The van der Waals surface area contributed by atoms with Crippen LogP contribution in [-0.4, -0.2) is 25.5 Å². The van der Waals surface area contributed by atoms with E-state index in [1.54, 1.807) is 39.7 Å². The topological polar surface area (TPSA) is 143 Å². The number of nitrogens with one attached hydrogen (secondary N) is 3. The molecule has 4 heterocycles. The van der Waals surface area contributed by atoms with E-state index < -0.39 is 11.9 Å².